The molecule has 0 radical (unpaired) electrons. The highest BCUT2D eigenvalue weighted by Gasteiger charge is 2.41. The number of amides is 1. The van der Waals surface area contributed by atoms with Gasteiger partial charge >= 0.3 is 0 Å². The van der Waals surface area contributed by atoms with Crippen molar-refractivity contribution in [1.82, 2.24) is 14.8 Å². The van der Waals surface area contributed by atoms with Gasteiger partial charge in [-0.05, 0) is 51.6 Å². The second kappa shape index (κ2) is 6.87. The smallest absolute Gasteiger partial charge is 0.222 e. The molecule has 5 nitrogen and oxygen atoms in total. The lowest BCUT2D eigenvalue weighted by molar-refractivity contribution is -0.140. The maximum atomic E-state index is 12.1. The maximum absolute atomic E-state index is 12.1. The molecule has 1 atom stereocenters. The Labute approximate surface area is 142 Å². The van der Waals surface area contributed by atoms with Gasteiger partial charge < -0.3 is 10.0 Å². The van der Waals surface area contributed by atoms with Crippen molar-refractivity contribution in [2.24, 2.45) is 5.41 Å². The molecule has 1 spiro atoms. The molecule has 1 aromatic rings. The van der Waals surface area contributed by atoms with Crippen LogP contribution in [0.15, 0.2) is 5.51 Å². The number of hydrogen-bond donors (Lipinski definition) is 1. The molecule has 1 aromatic heterocycles. The molecule has 0 unspecified atom stereocenters. The van der Waals surface area contributed by atoms with Gasteiger partial charge in [-0.25, -0.2) is 4.98 Å². The van der Waals surface area contributed by atoms with Crippen molar-refractivity contribution in [3.05, 3.63) is 16.1 Å². The van der Waals surface area contributed by atoms with E-state index in [0.29, 0.717) is 13.0 Å². The molecular weight excluding hydrogens is 310 g/mol. The molecule has 0 saturated carbocycles. The second-order valence-corrected chi connectivity index (χ2v) is 8.20. The first-order chi connectivity index (χ1) is 11.0. The number of carbonyl (C=O) groups is 1. The molecule has 1 N–H and O–H groups in total. The fourth-order valence-electron chi connectivity index (χ4n) is 3.86. The summed E-state index contributed by atoms with van der Waals surface area (Å²) in [5, 5.41) is 9.61. The van der Waals surface area contributed by atoms with E-state index in [-0.39, 0.29) is 11.3 Å². The SMILES string of the molecule is Cc1ncsc1CN1CCC2(CCC(=O)N(C[C@@H](C)O)C2)CC1. The molecule has 2 saturated heterocycles. The minimum Gasteiger partial charge on any atom is -0.392 e. The number of nitrogens with zero attached hydrogens (tertiary/aromatic N) is 3. The van der Waals surface area contributed by atoms with Crippen molar-refractivity contribution >= 4 is 17.2 Å². The Bertz CT molecular complexity index is 550. The van der Waals surface area contributed by atoms with E-state index in [1.807, 2.05) is 10.4 Å². The minimum absolute atomic E-state index is 0.208. The Hall–Kier alpha value is -0.980. The number of aliphatic hydroxyl groups is 1. The van der Waals surface area contributed by atoms with Gasteiger partial charge in [0.15, 0.2) is 0 Å². The number of aliphatic hydroxyl groups excluding tert-OH is 1. The summed E-state index contributed by atoms with van der Waals surface area (Å²) in [5.74, 6) is 0.208. The zero-order chi connectivity index (χ0) is 16.4. The fraction of sp³-hybridized carbons (Fsp3) is 0.765. The first-order valence-corrected chi connectivity index (χ1v) is 9.43. The molecule has 0 bridgehead atoms. The standard InChI is InChI=1S/C17H27N3O2S/c1-13(21)9-20-11-17(4-3-16(20)22)5-7-19(8-6-17)10-15-14(2)18-12-23-15/h12-13,21H,3-11H2,1-2H3/t13-/m1/s1. The zero-order valence-corrected chi connectivity index (χ0v) is 14.9. The Balaban J connectivity index is 1.57. The van der Waals surface area contributed by atoms with Crippen LogP contribution >= 0.6 is 11.3 Å². The van der Waals surface area contributed by atoms with Crippen molar-refractivity contribution in [2.75, 3.05) is 26.2 Å². The number of hydrogen-bond acceptors (Lipinski definition) is 5. The zero-order valence-electron chi connectivity index (χ0n) is 14.1. The number of aryl methyl sites for hydroxylation is 1. The molecule has 128 valence electrons. The largest absolute Gasteiger partial charge is 0.392 e. The molecule has 6 heteroatoms. The van der Waals surface area contributed by atoms with E-state index in [2.05, 4.69) is 16.8 Å². The van der Waals surface area contributed by atoms with Gasteiger partial charge in [-0.2, -0.15) is 0 Å². The normalized spacial score (nSPS) is 23.4. The number of rotatable bonds is 4. The number of carbonyl (C=O) groups excluding carboxylic acids is 1. The first-order valence-electron chi connectivity index (χ1n) is 8.55. The van der Waals surface area contributed by atoms with E-state index in [4.69, 9.17) is 0 Å². The summed E-state index contributed by atoms with van der Waals surface area (Å²) in [5.41, 5.74) is 3.35. The molecule has 1 amide bonds. The Kier molecular flexibility index (Phi) is 5.04. The van der Waals surface area contributed by atoms with Gasteiger partial charge in [-0.1, -0.05) is 0 Å². The van der Waals surface area contributed by atoms with Crippen LogP contribution in [-0.2, 0) is 11.3 Å². The van der Waals surface area contributed by atoms with E-state index in [0.717, 1.165) is 51.1 Å². The van der Waals surface area contributed by atoms with Crippen LogP contribution < -0.4 is 0 Å². The lowest BCUT2D eigenvalue weighted by Crippen LogP contribution is -2.52. The quantitative estimate of drug-likeness (QED) is 0.913. The van der Waals surface area contributed by atoms with E-state index < -0.39 is 6.10 Å². The van der Waals surface area contributed by atoms with Gasteiger partial charge in [-0.15, -0.1) is 11.3 Å². The second-order valence-electron chi connectivity index (χ2n) is 7.26. The molecular formula is C17H27N3O2S. The molecule has 2 aliphatic heterocycles. The highest BCUT2D eigenvalue weighted by molar-refractivity contribution is 7.09. The number of likely N-dealkylation sites (tertiary alicyclic amines) is 2. The molecule has 0 aliphatic carbocycles. The van der Waals surface area contributed by atoms with Gasteiger partial charge in [0, 0.05) is 30.9 Å². The van der Waals surface area contributed by atoms with Crippen molar-refractivity contribution in [3.8, 4) is 0 Å². The van der Waals surface area contributed by atoms with Gasteiger partial charge in [0.1, 0.15) is 0 Å². The predicted octanol–water partition coefficient (Wildman–Crippen LogP) is 2.04. The first kappa shape index (κ1) is 16.9. The Morgan fingerprint density at radius 2 is 2.13 bits per heavy atom. The monoisotopic (exact) mass is 337 g/mol. The third-order valence-corrected chi connectivity index (χ3v) is 6.28. The third-order valence-electron chi connectivity index (χ3n) is 5.36. The van der Waals surface area contributed by atoms with Gasteiger partial charge in [0.05, 0.1) is 17.3 Å². The number of piperidine rings is 2. The minimum atomic E-state index is -0.441. The van der Waals surface area contributed by atoms with Crippen molar-refractivity contribution < 1.29 is 9.90 Å². The predicted molar refractivity (Wildman–Crippen MR) is 91.3 cm³/mol. The van der Waals surface area contributed by atoms with Crippen LogP contribution in [0.4, 0.5) is 0 Å². The summed E-state index contributed by atoms with van der Waals surface area (Å²) in [6.07, 6.45) is 3.50. The number of β-amino-alcohol motifs (C(OH)–C–C–N with tert-alkyl or cyclic N) is 1. The van der Waals surface area contributed by atoms with Crippen LogP contribution in [0.2, 0.25) is 0 Å². The van der Waals surface area contributed by atoms with Crippen molar-refractivity contribution in [1.29, 1.82) is 0 Å². The fourth-order valence-corrected chi connectivity index (χ4v) is 4.68. The topological polar surface area (TPSA) is 56.7 Å². The average molecular weight is 337 g/mol. The third kappa shape index (κ3) is 3.92. The highest BCUT2D eigenvalue weighted by Crippen LogP contribution is 2.40. The van der Waals surface area contributed by atoms with Crippen LogP contribution in [0.25, 0.3) is 0 Å². The Morgan fingerprint density at radius 3 is 2.74 bits per heavy atom. The summed E-state index contributed by atoms with van der Waals surface area (Å²) in [6, 6.07) is 0. The molecule has 3 rings (SSSR count). The van der Waals surface area contributed by atoms with Crippen molar-refractivity contribution in [3.63, 3.8) is 0 Å². The van der Waals surface area contributed by atoms with E-state index >= 15 is 0 Å². The van der Waals surface area contributed by atoms with Crippen molar-refractivity contribution in [2.45, 2.75) is 52.2 Å². The molecule has 23 heavy (non-hydrogen) atoms. The van der Waals surface area contributed by atoms with Gasteiger partial charge in [-0.3, -0.25) is 9.69 Å². The molecule has 2 fully saturated rings. The summed E-state index contributed by atoms with van der Waals surface area (Å²) >= 11 is 1.74. The van der Waals surface area contributed by atoms with E-state index in [1.165, 1.54) is 4.88 Å². The lowest BCUT2D eigenvalue weighted by Gasteiger charge is -2.47. The summed E-state index contributed by atoms with van der Waals surface area (Å²) < 4.78 is 0. The summed E-state index contributed by atoms with van der Waals surface area (Å²) in [7, 11) is 0. The highest BCUT2D eigenvalue weighted by atomic mass is 32.1. The van der Waals surface area contributed by atoms with Crippen LogP contribution in [-0.4, -0.2) is 58.1 Å². The van der Waals surface area contributed by atoms with E-state index in [9.17, 15) is 9.90 Å². The number of aromatic nitrogens is 1. The molecule has 0 aromatic carbocycles. The summed E-state index contributed by atoms with van der Waals surface area (Å²) in [4.78, 5) is 22.2. The van der Waals surface area contributed by atoms with Crippen LogP contribution in [0.1, 0.15) is 43.2 Å². The van der Waals surface area contributed by atoms with E-state index in [1.54, 1.807) is 18.3 Å². The lowest BCUT2D eigenvalue weighted by atomic mass is 9.72. The van der Waals surface area contributed by atoms with Crippen LogP contribution in [0.3, 0.4) is 0 Å². The Morgan fingerprint density at radius 1 is 1.39 bits per heavy atom. The van der Waals surface area contributed by atoms with Crippen LogP contribution in [0, 0.1) is 12.3 Å². The summed E-state index contributed by atoms with van der Waals surface area (Å²) in [6.45, 7) is 8.33. The molecule has 3 heterocycles. The van der Waals surface area contributed by atoms with Gasteiger partial charge in [0.25, 0.3) is 0 Å². The van der Waals surface area contributed by atoms with Crippen LogP contribution in [0.5, 0.6) is 0 Å². The average Bonchev–Trinajstić information content (AvgIpc) is 2.91. The number of thiazole rings is 1. The van der Waals surface area contributed by atoms with Gasteiger partial charge in [0.2, 0.25) is 5.91 Å². The maximum Gasteiger partial charge on any atom is 0.222 e. The molecule has 2 aliphatic rings.